The van der Waals surface area contributed by atoms with Gasteiger partial charge in [0.25, 0.3) is 5.69 Å². The number of nitro groups is 1. The molecule has 0 aliphatic carbocycles. The zero-order chi connectivity index (χ0) is 19.6. The number of rotatable bonds is 8. The lowest BCUT2D eigenvalue weighted by Gasteiger charge is -2.22. The molecule has 0 atom stereocenters. The van der Waals surface area contributed by atoms with Gasteiger partial charge in [0.15, 0.2) is 0 Å². The summed E-state index contributed by atoms with van der Waals surface area (Å²) < 4.78 is 5.35. The highest BCUT2D eigenvalue weighted by Gasteiger charge is 2.17. The van der Waals surface area contributed by atoms with Crippen LogP contribution in [-0.2, 0) is 16.1 Å². The van der Waals surface area contributed by atoms with Crippen LogP contribution in [0.1, 0.15) is 25.3 Å². The molecule has 0 aliphatic rings. The van der Waals surface area contributed by atoms with Crippen LogP contribution in [0.3, 0.4) is 0 Å². The maximum Gasteiger partial charge on any atom is 0.414 e. The summed E-state index contributed by atoms with van der Waals surface area (Å²) in [6.07, 6.45) is 2.64. The maximum atomic E-state index is 12.5. The van der Waals surface area contributed by atoms with Gasteiger partial charge in [0, 0.05) is 24.4 Å². The topological polar surface area (TPSA) is 102 Å². The van der Waals surface area contributed by atoms with Crippen molar-refractivity contribution in [3.8, 4) is 0 Å². The van der Waals surface area contributed by atoms with E-state index in [1.54, 1.807) is 36.4 Å². The predicted octanol–water partition coefficient (Wildman–Crippen LogP) is 4.51. The van der Waals surface area contributed by atoms with Crippen LogP contribution in [0, 0.1) is 10.1 Å². The monoisotopic (exact) mass is 369 g/mol. The van der Waals surface area contributed by atoms with Crippen molar-refractivity contribution in [2.75, 3.05) is 11.4 Å². The number of ether oxygens (including phenoxy) is 1. The van der Waals surface area contributed by atoms with Crippen LogP contribution in [0.25, 0.3) is 0 Å². The van der Waals surface area contributed by atoms with Gasteiger partial charge in [-0.15, -0.1) is 0 Å². The second-order valence-corrected chi connectivity index (χ2v) is 5.70. The van der Waals surface area contributed by atoms with Crippen LogP contribution in [0.15, 0.2) is 53.5 Å². The van der Waals surface area contributed by atoms with E-state index >= 15 is 0 Å². The highest BCUT2D eigenvalue weighted by molar-refractivity contribution is 5.87. The summed E-state index contributed by atoms with van der Waals surface area (Å²) in [4.78, 5) is 38.0. The number of nitrogens with zero attached hydrogens (tertiary/aromatic N) is 3. The Morgan fingerprint density at radius 3 is 2.41 bits per heavy atom. The number of carbonyl (C=O) groups is 1. The molecular formula is C19H19N3O5. The second-order valence-electron chi connectivity index (χ2n) is 5.70. The molecule has 0 saturated carbocycles. The van der Waals surface area contributed by atoms with Crippen LogP contribution in [0.5, 0.6) is 0 Å². The van der Waals surface area contributed by atoms with Gasteiger partial charge in [0.05, 0.1) is 10.6 Å². The molecule has 140 valence electrons. The average Bonchev–Trinajstić information content (AvgIpc) is 2.68. The number of aliphatic imine (C=N–C) groups is 1. The average molecular weight is 369 g/mol. The molecule has 0 radical (unpaired) electrons. The third-order valence-electron chi connectivity index (χ3n) is 3.80. The molecule has 0 saturated heterocycles. The van der Waals surface area contributed by atoms with Crippen molar-refractivity contribution >= 4 is 29.2 Å². The summed E-state index contributed by atoms with van der Waals surface area (Å²) in [6, 6.07) is 12.4. The molecule has 0 heterocycles. The van der Waals surface area contributed by atoms with E-state index in [0.717, 1.165) is 12.8 Å². The molecule has 0 fully saturated rings. The smallest absolute Gasteiger partial charge is 0.414 e. The van der Waals surface area contributed by atoms with Crippen LogP contribution < -0.4 is 4.90 Å². The first-order valence-electron chi connectivity index (χ1n) is 8.40. The first-order chi connectivity index (χ1) is 13.0. The van der Waals surface area contributed by atoms with Gasteiger partial charge in [-0.25, -0.2) is 9.59 Å². The van der Waals surface area contributed by atoms with Crippen molar-refractivity contribution in [1.82, 2.24) is 0 Å². The number of non-ortho nitro benzene ring substituents is 1. The molecule has 0 N–H and O–H groups in total. The maximum absolute atomic E-state index is 12.5. The molecule has 1 amide bonds. The third kappa shape index (κ3) is 5.76. The molecule has 0 bridgehead atoms. The number of benzene rings is 2. The molecule has 8 heteroatoms. The van der Waals surface area contributed by atoms with E-state index in [1.165, 1.54) is 23.1 Å². The van der Waals surface area contributed by atoms with Crippen LogP contribution in [0.4, 0.5) is 21.9 Å². The largest absolute Gasteiger partial charge is 0.444 e. The van der Waals surface area contributed by atoms with Crippen molar-refractivity contribution in [1.29, 1.82) is 0 Å². The van der Waals surface area contributed by atoms with Gasteiger partial charge in [-0.05, 0) is 48.4 Å². The summed E-state index contributed by atoms with van der Waals surface area (Å²) in [7, 11) is 0. The number of anilines is 1. The van der Waals surface area contributed by atoms with Crippen LogP contribution in [0.2, 0.25) is 0 Å². The normalized spacial score (nSPS) is 9.96. The van der Waals surface area contributed by atoms with E-state index in [2.05, 4.69) is 4.99 Å². The first kappa shape index (κ1) is 19.8. The first-order valence-corrected chi connectivity index (χ1v) is 8.40. The van der Waals surface area contributed by atoms with E-state index in [-0.39, 0.29) is 12.3 Å². The minimum absolute atomic E-state index is 0.00692. The van der Waals surface area contributed by atoms with Crippen molar-refractivity contribution < 1.29 is 19.2 Å². The van der Waals surface area contributed by atoms with Crippen molar-refractivity contribution in [3.05, 3.63) is 64.2 Å². The minimum atomic E-state index is -0.520. The summed E-state index contributed by atoms with van der Waals surface area (Å²) in [5, 5.41) is 10.7. The number of isocyanates is 1. The van der Waals surface area contributed by atoms with Gasteiger partial charge in [-0.3, -0.25) is 15.0 Å². The van der Waals surface area contributed by atoms with Gasteiger partial charge < -0.3 is 4.74 Å². The Kier molecular flexibility index (Phi) is 7.22. The molecule has 27 heavy (non-hydrogen) atoms. The molecule has 0 spiro atoms. The standard InChI is InChI=1S/C19H19N3O5/c1-2-3-12-21(17-10-6-16(7-11-17)20-14-23)19(24)27-13-15-4-8-18(9-5-15)22(25)26/h4-11H,2-3,12-13H2,1H3. The molecule has 0 aromatic heterocycles. The number of amides is 1. The van der Waals surface area contributed by atoms with Crippen molar-refractivity contribution in [2.24, 2.45) is 4.99 Å². The van der Waals surface area contributed by atoms with Gasteiger partial charge in [-0.2, -0.15) is 4.99 Å². The Hall–Kier alpha value is -3.51. The number of hydrogen-bond donors (Lipinski definition) is 0. The number of nitro benzene ring substituents is 1. The molecule has 0 aliphatic heterocycles. The lowest BCUT2D eigenvalue weighted by Crippen LogP contribution is -2.32. The Morgan fingerprint density at radius 2 is 1.85 bits per heavy atom. The highest BCUT2D eigenvalue weighted by atomic mass is 16.6. The molecule has 2 aromatic rings. The molecule has 2 rings (SSSR count). The fourth-order valence-corrected chi connectivity index (χ4v) is 2.34. The van der Waals surface area contributed by atoms with Gasteiger partial charge >= 0.3 is 6.09 Å². The van der Waals surface area contributed by atoms with Crippen LogP contribution in [-0.4, -0.2) is 23.6 Å². The Bertz CT molecular complexity index is 827. The fraction of sp³-hybridized carbons (Fsp3) is 0.263. The van der Waals surface area contributed by atoms with E-state index in [0.29, 0.717) is 23.5 Å². The second kappa shape index (κ2) is 9.84. The molecule has 8 nitrogen and oxygen atoms in total. The summed E-state index contributed by atoms with van der Waals surface area (Å²) in [5.74, 6) is 0. The summed E-state index contributed by atoms with van der Waals surface area (Å²) in [6.45, 7) is 2.50. The zero-order valence-corrected chi connectivity index (χ0v) is 14.8. The molecule has 2 aromatic carbocycles. The lowest BCUT2D eigenvalue weighted by molar-refractivity contribution is -0.384. The Balaban J connectivity index is 2.07. The Labute approximate surface area is 156 Å². The van der Waals surface area contributed by atoms with Crippen molar-refractivity contribution in [2.45, 2.75) is 26.4 Å². The van der Waals surface area contributed by atoms with E-state index in [9.17, 15) is 19.7 Å². The van der Waals surface area contributed by atoms with Crippen molar-refractivity contribution in [3.63, 3.8) is 0 Å². The predicted molar refractivity (Wildman–Crippen MR) is 99.8 cm³/mol. The molecule has 0 unspecified atom stereocenters. The Morgan fingerprint density at radius 1 is 1.19 bits per heavy atom. The molecular weight excluding hydrogens is 350 g/mol. The van der Waals surface area contributed by atoms with E-state index in [1.807, 2.05) is 6.92 Å². The number of unbranched alkanes of at least 4 members (excludes halogenated alkanes) is 1. The lowest BCUT2D eigenvalue weighted by atomic mass is 10.2. The number of hydrogen-bond acceptors (Lipinski definition) is 6. The minimum Gasteiger partial charge on any atom is -0.444 e. The van der Waals surface area contributed by atoms with E-state index < -0.39 is 11.0 Å². The fourth-order valence-electron chi connectivity index (χ4n) is 2.34. The summed E-state index contributed by atoms with van der Waals surface area (Å²) in [5.41, 5.74) is 1.71. The quantitative estimate of drug-likeness (QED) is 0.295. The van der Waals surface area contributed by atoms with Crippen LogP contribution >= 0.6 is 0 Å². The SMILES string of the molecule is CCCCN(C(=O)OCc1ccc([N+](=O)[O-])cc1)c1ccc(N=C=O)cc1. The van der Waals surface area contributed by atoms with E-state index in [4.69, 9.17) is 4.74 Å². The third-order valence-corrected chi connectivity index (χ3v) is 3.80. The van der Waals surface area contributed by atoms with Gasteiger partial charge in [0.1, 0.15) is 6.61 Å². The zero-order valence-electron chi connectivity index (χ0n) is 14.8. The number of carbonyl (C=O) groups excluding carboxylic acids is 2. The summed E-state index contributed by atoms with van der Waals surface area (Å²) >= 11 is 0. The van der Waals surface area contributed by atoms with Gasteiger partial charge in [0.2, 0.25) is 6.08 Å². The van der Waals surface area contributed by atoms with Gasteiger partial charge in [-0.1, -0.05) is 13.3 Å². The highest BCUT2D eigenvalue weighted by Crippen LogP contribution is 2.21.